The highest BCUT2D eigenvalue weighted by Gasteiger charge is 2.23. The summed E-state index contributed by atoms with van der Waals surface area (Å²) in [6, 6.07) is 5.39. The van der Waals surface area contributed by atoms with Crippen molar-refractivity contribution in [1.82, 2.24) is 19.5 Å². The summed E-state index contributed by atoms with van der Waals surface area (Å²) in [5, 5.41) is 3.35. The molecule has 0 saturated carbocycles. The van der Waals surface area contributed by atoms with Crippen LogP contribution in [0.25, 0.3) is 0 Å². The monoisotopic (exact) mass is 413 g/mol. The summed E-state index contributed by atoms with van der Waals surface area (Å²) >= 11 is 0. The van der Waals surface area contributed by atoms with Crippen LogP contribution >= 0.6 is 0 Å². The summed E-state index contributed by atoms with van der Waals surface area (Å²) in [6.07, 6.45) is 2.35. The lowest BCUT2D eigenvalue weighted by atomic mass is 10.2. The Balaban J connectivity index is 1.41. The van der Waals surface area contributed by atoms with Gasteiger partial charge in [-0.15, -0.1) is 0 Å². The minimum Gasteiger partial charge on any atom is -0.378 e. The van der Waals surface area contributed by atoms with Gasteiger partial charge < -0.3 is 29.2 Å². The Morgan fingerprint density at radius 2 is 1.83 bits per heavy atom. The SMILES string of the molecule is O=c1cccc2n1CCN(c1nc(NCC3CCCO3)nc(N3CCOCC3)n1)C2. The van der Waals surface area contributed by atoms with Crippen LogP contribution < -0.4 is 20.7 Å². The molecule has 0 radical (unpaired) electrons. The van der Waals surface area contributed by atoms with E-state index in [0.717, 1.165) is 38.2 Å². The lowest BCUT2D eigenvalue weighted by molar-refractivity contribution is 0.120. The van der Waals surface area contributed by atoms with E-state index in [4.69, 9.17) is 19.4 Å². The molecule has 1 N–H and O–H groups in total. The largest absolute Gasteiger partial charge is 0.378 e. The van der Waals surface area contributed by atoms with Crippen molar-refractivity contribution in [3.63, 3.8) is 0 Å². The van der Waals surface area contributed by atoms with Crippen molar-refractivity contribution in [2.45, 2.75) is 32.0 Å². The van der Waals surface area contributed by atoms with Gasteiger partial charge in [-0.3, -0.25) is 4.79 Å². The van der Waals surface area contributed by atoms with Crippen molar-refractivity contribution in [1.29, 1.82) is 0 Å². The number of morpholine rings is 1. The van der Waals surface area contributed by atoms with Crippen LogP contribution in [-0.2, 0) is 22.6 Å². The van der Waals surface area contributed by atoms with Gasteiger partial charge in [-0.1, -0.05) is 6.07 Å². The van der Waals surface area contributed by atoms with Crippen LogP contribution in [0.5, 0.6) is 0 Å². The fourth-order valence-electron chi connectivity index (χ4n) is 4.11. The number of hydrogen-bond acceptors (Lipinski definition) is 9. The normalized spacial score (nSPS) is 21.5. The fraction of sp³-hybridized carbons (Fsp3) is 0.600. The predicted molar refractivity (Wildman–Crippen MR) is 112 cm³/mol. The summed E-state index contributed by atoms with van der Waals surface area (Å²) < 4.78 is 13.0. The second kappa shape index (κ2) is 8.57. The molecule has 2 aromatic heterocycles. The molecule has 5 heterocycles. The molecule has 2 aromatic rings. The highest BCUT2D eigenvalue weighted by atomic mass is 16.5. The summed E-state index contributed by atoms with van der Waals surface area (Å²) in [4.78, 5) is 30.5. The van der Waals surface area contributed by atoms with E-state index in [-0.39, 0.29) is 11.7 Å². The number of aromatic nitrogens is 4. The zero-order valence-electron chi connectivity index (χ0n) is 17.0. The van der Waals surface area contributed by atoms with Gasteiger partial charge >= 0.3 is 0 Å². The van der Waals surface area contributed by atoms with Gasteiger partial charge in [0.1, 0.15) is 0 Å². The third-order valence-corrected chi connectivity index (χ3v) is 5.79. The van der Waals surface area contributed by atoms with E-state index >= 15 is 0 Å². The van der Waals surface area contributed by atoms with Gasteiger partial charge in [0.05, 0.1) is 25.9 Å². The number of anilines is 3. The molecule has 2 saturated heterocycles. The lowest BCUT2D eigenvalue weighted by Gasteiger charge is -2.31. The zero-order chi connectivity index (χ0) is 20.3. The highest BCUT2D eigenvalue weighted by Crippen LogP contribution is 2.22. The molecule has 0 aromatic carbocycles. The Bertz CT molecular complexity index is 938. The molecule has 1 atom stereocenters. The zero-order valence-corrected chi connectivity index (χ0v) is 17.0. The topological polar surface area (TPSA) is 97.6 Å². The van der Waals surface area contributed by atoms with Crippen LogP contribution in [0.3, 0.4) is 0 Å². The van der Waals surface area contributed by atoms with Crippen molar-refractivity contribution in [2.75, 3.05) is 61.1 Å². The number of rotatable bonds is 5. The van der Waals surface area contributed by atoms with Crippen LogP contribution in [0.1, 0.15) is 18.5 Å². The maximum Gasteiger partial charge on any atom is 0.250 e. The highest BCUT2D eigenvalue weighted by molar-refractivity contribution is 5.46. The van der Waals surface area contributed by atoms with Gasteiger partial charge in [0.15, 0.2) is 0 Å². The first-order chi connectivity index (χ1) is 14.8. The number of fused-ring (bicyclic) bond motifs is 1. The van der Waals surface area contributed by atoms with Gasteiger partial charge in [-0.25, -0.2) is 0 Å². The van der Waals surface area contributed by atoms with Crippen LogP contribution in [0.2, 0.25) is 0 Å². The molecule has 3 aliphatic rings. The lowest BCUT2D eigenvalue weighted by Crippen LogP contribution is -2.41. The molecule has 0 bridgehead atoms. The molecule has 160 valence electrons. The molecular weight excluding hydrogens is 386 g/mol. The van der Waals surface area contributed by atoms with Gasteiger partial charge in [0.25, 0.3) is 5.56 Å². The number of hydrogen-bond donors (Lipinski definition) is 1. The van der Waals surface area contributed by atoms with Crippen LogP contribution in [0, 0.1) is 0 Å². The van der Waals surface area contributed by atoms with E-state index in [1.165, 1.54) is 0 Å². The van der Waals surface area contributed by atoms with Gasteiger partial charge in [-0.2, -0.15) is 15.0 Å². The van der Waals surface area contributed by atoms with E-state index in [0.29, 0.717) is 57.2 Å². The van der Waals surface area contributed by atoms with Crippen molar-refractivity contribution in [2.24, 2.45) is 0 Å². The van der Waals surface area contributed by atoms with Crippen molar-refractivity contribution in [3.8, 4) is 0 Å². The molecule has 1 unspecified atom stereocenters. The predicted octanol–water partition coefficient (Wildman–Crippen LogP) is 0.481. The Morgan fingerprint density at radius 3 is 2.63 bits per heavy atom. The third-order valence-electron chi connectivity index (χ3n) is 5.79. The van der Waals surface area contributed by atoms with E-state index < -0.39 is 0 Å². The number of nitrogens with one attached hydrogen (secondary N) is 1. The molecule has 10 heteroatoms. The number of nitrogens with zero attached hydrogens (tertiary/aromatic N) is 6. The first kappa shape index (κ1) is 19.3. The molecule has 0 spiro atoms. The third kappa shape index (κ3) is 4.10. The van der Waals surface area contributed by atoms with E-state index in [2.05, 4.69) is 20.1 Å². The summed E-state index contributed by atoms with van der Waals surface area (Å²) in [6.45, 7) is 6.23. The number of ether oxygens (including phenoxy) is 2. The summed E-state index contributed by atoms with van der Waals surface area (Å²) in [5.41, 5.74) is 1.01. The Hall–Kier alpha value is -2.72. The second-order valence-corrected chi connectivity index (χ2v) is 7.80. The quantitative estimate of drug-likeness (QED) is 0.750. The minimum atomic E-state index is 0.0377. The van der Waals surface area contributed by atoms with Crippen molar-refractivity contribution < 1.29 is 9.47 Å². The first-order valence-electron chi connectivity index (χ1n) is 10.6. The molecule has 30 heavy (non-hydrogen) atoms. The molecule has 10 nitrogen and oxygen atoms in total. The van der Waals surface area contributed by atoms with Gasteiger partial charge in [-0.05, 0) is 18.9 Å². The van der Waals surface area contributed by atoms with Crippen molar-refractivity contribution >= 4 is 17.8 Å². The van der Waals surface area contributed by atoms with Gasteiger partial charge in [0, 0.05) is 51.1 Å². The Kier molecular flexibility index (Phi) is 5.50. The molecule has 3 aliphatic heterocycles. The molecule has 0 amide bonds. The van der Waals surface area contributed by atoms with Crippen LogP contribution in [0.15, 0.2) is 23.0 Å². The summed E-state index contributed by atoms with van der Waals surface area (Å²) in [7, 11) is 0. The summed E-state index contributed by atoms with van der Waals surface area (Å²) in [5.74, 6) is 1.85. The van der Waals surface area contributed by atoms with Crippen LogP contribution in [-0.4, -0.2) is 71.6 Å². The van der Waals surface area contributed by atoms with E-state index in [1.54, 1.807) is 12.1 Å². The molecule has 0 aliphatic carbocycles. The maximum absolute atomic E-state index is 12.1. The standard InChI is InChI=1S/C20H27N7O3/c28-17-5-1-3-15-14-26(6-7-27(15)17)20-23-18(21-13-16-4-2-10-30-16)22-19(24-20)25-8-11-29-12-9-25/h1,3,5,16H,2,4,6-14H2,(H,21,22,23,24). The number of pyridine rings is 1. The molecular formula is C20H27N7O3. The van der Waals surface area contributed by atoms with E-state index in [1.807, 2.05) is 10.6 Å². The Labute approximate surface area is 174 Å². The average Bonchev–Trinajstić information content (AvgIpc) is 3.32. The average molecular weight is 413 g/mol. The fourth-order valence-corrected chi connectivity index (χ4v) is 4.11. The van der Waals surface area contributed by atoms with Crippen molar-refractivity contribution in [3.05, 3.63) is 34.2 Å². The maximum atomic E-state index is 12.1. The second-order valence-electron chi connectivity index (χ2n) is 7.80. The van der Waals surface area contributed by atoms with E-state index in [9.17, 15) is 4.79 Å². The minimum absolute atomic E-state index is 0.0377. The molecule has 2 fully saturated rings. The van der Waals surface area contributed by atoms with Crippen LogP contribution in [0.4, 0.5) is 17.8 Å². The first-order valence-corrected chi connectivity index (χ1v) is 10.6. The molecule has 5 rings (SSSR count). The smallest absolute Gasteiger partial charge is 0.250 e. The Morgan fingerprint density at radius 1 is 1.00 bits per heavy atom. The van der Waals surface area contributed by atoms with Gasteiger partial charge in [0.2, 0.25) is 17.8 Å².